The van der Waals surface area contributed by atoms with Crippen molar-refractivity contribution in [3.8, 4) is 0 Å². The molecule has 17 heavy (non-hydrogen) atoms. The third-order valence-corrected chi connectivity index (χ3v) is 2.41. The summed E-state index contributed by atoms with van der Waals surface area (Å²) in [7, 11) is 1.27. The van der Waals surface area contributed by atoms with E-state index in [4.69, 9.17) is 5.11 Å². The van der Waals surface area contributed by atoms with Crippen LogP contribution in [-0.4, -0.2) is 29.1 Å². The number of carboxylic acid groups (broad SMARTS) is 1. The number of carbonyl (C=O) groups is 2. The minimum absolute atomic E-state index is 0.0632. The maximum absolute atomic E-state index is 11.4. The molecule has 1 aromatic carbocycles. The number of esters is 1. The number of methoxy groups -OCH3 is 1. The molecule has 1 heterocycles. The molecule has 0 radical (unpaired) electrons. The number of nitrogens with zero attached hydrogens (tertiary/aromatic N) is 1. The Hall–Kier alpha value is -2.43. The van der Waals surface area contributed by atoms with Gasteiger partial charge in [0.2, 0.25) is 0 Å². The molecule has 0 bridgehead atoms. The fourth-order valence-electron chi connectivity index (χ4n) is 1.58. The Morgan fingerprint density at radius 3 is 2.71 bits per heavy atom. The van der Waals surface area contributed by atoms with E-state index in [2.05, 4.69) is 9.72 Å². The molecule has 1 N–H and O–H groups in total. The van der Waals surface area contributed by atoms with Gasteiger partial charge in [-0.15, -0.1) is 0 Å². The van der Waals surface area contributed by atoms with Crippen molar-refractivity contribution in [2.45, 2.75) is 0 Å². The highest BCUT2D eigenvalue weighted by atomic mass is 16.5. The van der Waals surface area contributed by atoms with Gasteiger partial charge in [-0.3, -0.25) is 4.98 Å². The van der Waals surface area contributed by atoms with Crippen molar-refractivity contribution in [2.24, 2.45) is 0 Å². The summed E-state index contributed by atoms with van der Waals surface area (Å²) in [6.07, 6.45) is 2.80. The second-order valence-corrected chi connectivity index (χ2v) is 3.42. The lowest BCUT2D eigenvalue weighted by Gasteiger charge is -2.04. The van der Waals surface area contributed by atoms with E-state index in [1.54, 1.807) is 18.3 Å². The van der Waals surface area contributed by atoms with Crippen LogP contribution in [-0.2, 0) is 4.74 Å². The van der Waals surface area contributed by atoms with Crippen LogP contribution in [0.15, 0.2) is 30.6 Å². The summed E-state index contributed by atoms with van der Waals surface area (Å²) in [5.41, 5.74) is 0.377. The minimum atomic E-state index is -1.08. The van der Waals surface area contributed by atoms with Crippen LogP contribution in [0.4, 0.5) is 0 Å². The number of hydrogen-bond acceptors (Lipinski definition) is 4. The Kier molecular flexibility index (Phi) is 2.74. The molecule has 86 valence electrons. The van der Waals surface area contributed by atoms with E-state index in [9.17, 15) is 9.59 Å². The molecule has 0 atom stereocenters. The predicted molar refractivity (Wildman–Crippen MR) is 60.0 cm³/mol. The molecule has 0 fully saturated rings. The highest BCUT2D eigenvalue weighted by Gasteiger charge is 2.12. The van der Waals surface area contributed by atoms with Crippen LogP contribution >= 0.6 is 0 Å². The Labute approximate surface area is 96.7 Å². The zero-order valence-corrected chi connectivity index (χ0v) is 9.01. The van der Waals surface area contributed by atoms with Gasteiger partial charge in [-0.2, -0.15) is 0 Å². The summed E-state index contributed by atoms with van der Waals surface area (Å²) < 4.78 is 4.58. The van der Waals surface area contributed by atoms with E-state index in [1.165, 1.54) is 19.4 Å². The van der Waals surface area contributed by atoms with Crippen molar-refractivity contribution in [2.75, 3.05) is 7.11 Å². The van der Waals surface area contributed by atoms with Crippen molar-refractivity contribution >= 4 is 22.7 Å². The van der Waals surface area contributed by atoms with Crippen LogP contribution in [0.5, 0.6) is 0 Å². The standard InChI is InChI=1S/C12H9NO4/c1-17-12(16)7-2-3-8-5-13-6-10(11(14)15)9(8)4-7/h2-6H,1H3,(H,14,15). The van der Waals surface area contributed by atoms with E-state index in [-0.39, 0.29) is 5.56 Å². The van der Waals surface area contributed by atoms with E-state index in [1.807, 2.05) is 0 Å². The number of fused-ring (bicyclic) bond motifs is 1. The van der Waals surface area contributed by atoms with E-state index < -0.39 is 11.9 Å². The number of aromatic carboxylic acids is 1. The van der Waals surface area contributed by atoms with Gasteiger partial charge in [-0.25, -0.2) is 9.59 Å². The second kappa shape index (κ2) is 4.21. The third kappa shape index (κ3) is 1.94. The Balaban J connectivity index is 2.70. The smallest absolute Gasteiger partial charge is 0.337 e. The molecule has 0 aliphatic carbocycles. The van der Waals surface area contributed by atoms with Crippen molar-refractivity contribution in [1.82, 2.24) is 4.98 Å². The van der Waals surface area contributed by atoms with E-state index in [0.29, 0.717) is 16.3 Å². The molecular weight excluding hydrogens is 222 g/mol. The first kappa shape index (κ1) is 11.1. The van der Waals surface area contributed by atoms with E-state index in [0.717, 1.165) is 0 Å². The van der Waals surface area contributed by atoms with Gasteiger partial charge in [-0.05, 0) is 12.1 Å². The number of pyridine rings is 1. The van der Waals surface area contributed by atoms with Crippen LogP contribution < -0.4 is 0 Å². The molecule has 2 rings (SSSR count). The summed E-state index contributed by atoms with van der Waals surface area (Å²) in [5, 5.41) is 10.1. The molecule has 2 aromatic rings. The topological polar surface area (TPSA) is 76.5 Å². The average Bonchev–Trinajstić information content (AvgIpc) is 2.36. The van der Waals surface area contributed by atoms with Crippen LogP contribution in [0.3, 0.4) is 0 Å². The molecule has 5 nitrogen and oxygen atoms in total. The Morgan fingerprint density at radius 1 is 1.29 bits per heavy atom. The van der Waals surface area contributed by atoms with Gasteiger partial charge in [0.1, 0.15) is 0 Å². The van der Waals surface area contributed by atoms with Crippen molar-refractivity contribution in [1.29, 1.82) is 0 Å². The molecule has 5 heteroatoms. The Morgan fingerprint density at radius 2 is 2.06 bits per heavy atom. The lowest BCUT2D eigenvalue weighted by atomic mass is 10.0. The van der Waals surface area contributed by atoms with Crippen LogP contribution in [0.25, 0.3) is 10.8 Å². The Bertz CT molecular complexity index is 606. The maximum Gasteiger partial charge on any atom is 0.337 e. The normalized spacial score (nSPS) is 10.2. The highest BCUT2D eigenvalue weighted by Crippen LogP contribution is 2.19. The average molecular weight is 231 g/mol. The van der Waals surface area contributed by atoms with Crippen molar-refractivity contribution in [3.63, 3.8) is 0 Å². The minimum Gasteiger partial charge on any atom is -0.478 e. The molecule has 1 aromatic heterocycles. The molecular formula is C12H9NO4. The third-order valence-electron chi connectivity index (χ3n) is 2.41. The summed E-state index contributed by atoms with van der Waals surface area (Å²) >= 11 is 0. The zero-order valence-electron chi connectivity index (χ0n) is 9.01. The maximum atomic E-state index is 11.4. The quantitative estimate of drug-likeness (QED) is 0.796. The molecule has 0 unspecified atom stereocenters. The van der Waals surface area contributed by atoms with Gasteiger partial charge in [0, 0.05) is 23.2 Å². The number of hydrogen-bond donors (Lipinski definition) is 1. The molecule has 0 saturated heterocycles. The first-order valence-corrected chi connectivity index (χ1v) is 4.83. The molecule has 0 aliphatic rings. The van der Waals surface area contributed by atoms with Gasteiger partial charge >= 0.3 is 11.9 Å². The summed E-state index contributed by atoms with van der Waals surface area (Å²) in [4.78, 5) is 26.2. The number of carboxylic acids is 1. The van der Waals surface area contributed by atoms with Gasteiger partial charge in [0.05, 0.1) is 18.2 Å². The van der Waals surface area contributed by atoms with E-state index >= 15 is 0 Å². The molecule has 0 amide bonds. The number of ether oxygens (including phenoxy) is 1. The lowest BCUT2D eigenvalue weighted by Crippen LogP contribution is -2.03. The second-order valence-electron chi connectivity index (χ2n) is 3.42. The van der Waals surface area contributed by atoms with Gasteiger partial charge in [0.15, 0.2) is 0 Å². The van der Waals surface area contributed by atoms with Gasteiger partial charge in [0.25, 0.3) is 0 Å². The fourth-order valence-corrected chi connectivity index (χ4v) is 1.58. The van der Waals surface area contributed by atoms with Crippen LogP contribution in [0.2, 0.25) is 0 Å². The van der Waals surface area contributed by atoms with Crippen LogP contribution in [0, 0.1) is 0 Å². The molecule has 0 saturated carbocycles. The first-order valence-electron chi connectivity index (χ1n) is 4.83. The first-order chi connectivity index (χ1) is 8.13. The number of rotatable bonds is 2. The number of carbonyl (C=O) groups excluding carboxylic acids is 1. The monoisotopic (exact) mass is 231 g/mol. The summed E-state index contributed by atoms with van der Waals surface area (Å²) in [6.45, 7) is 0. The summed E-state index contributed by atoms with van der Waals surface area (Å²) in [5.74, 6) is -1.58. The summed E-state index contributed by atoms with van der Waals surface area (Å²) in [6, 6.07) is 4.70. The SMILES string of the molecule is COC(=O)c1ccc2cncc(C(=O)O)c2c1. The molecule has 0 aliphatic heterocycles. The highest BCUT2D eigenvalue weighted by molar-refractivity contribution is 6.05. The predicted octanol–water partition coefficient (Wildman–Crippen LogP) is 1.72. The largest absolute Gasteiger partial charge is 0.478 e. The van der Waals surface area contributed by atoms with Crippen molar-refractivity contribution in [3.05, 3.63) is 41.7 Å². The zero-order chi connectivity index (χ0) is 12.4. The van der Waals surface area contributed by atoms with Crippen LogP contribution in [0.1, 0.15) is 20.7 Å². The lowest BCUT2D eigenvalue weighted by molar-refractivity contribution is 0.0599. The van der Waals surface area contributed by atoms with Crippen molar-refractivity contribution < 1.29 is 19.4 Å². The number of aromatic nitrogens is 1. The fraction of sp³-hybridized carbons (Fsp3) is 0.0833. The number of benzene rings is 1. The van der Waals surface area contributed by atoms with Gasteiger partial charge in [-0.1, -0.05) is 6.07 Å². The molecule has 0 spiro atoms. The van der Waals surface area contributed by atoms with Gasteiger partial charge < -0.3 is 9.84 Å².